The van der Waals surface area contributed by atoms with Crippen LogP contribution in [0.25, 0.3) is 0 Å². The largest absolute Gasteiger partial charge is 0.573 e. The lowest BCUT2D eigenvalue weighted by Crippen LogP contribution is -2.38. The van der Waals surface area contributed by atoms with E-state index in [1.807, 2.05) is 0 Å². The molecule has 1 spiro atoms. The third-order valence-electron chi connectivity index (χ3n) is 7.89. The molecular weight excluding hydrogens is 615 g/mol. The van der Waals surface area contributed by atoms with Gasteiger partial charge in [0.05, 0.1) is 18.5 Å². The van der Waals surface area contributed by atoms with Gasteiger partial charge in [-0.3, -0.25) is 4.79 Å². The summed E-state index contributed by atoms with van der Waals surface area (Å²) in [6, 6.07) is 14.9. The fourth-order valence-electron chi connectivity index (χ4n) is 5.18. The Morgan fingerprint density at radius 2 is 1.73 bits per heavy atom. The molecule has 0 aromatic heterocycles. The van der Waals surface area contributed by atoms with Crippen LogP contribution < -0.4 is 19.7 Å². The van der Waals surface area contributed by atoms with Gasteiger partial charge in [-0.25, -0.2) is 4.79 Å². The molecule has 1 atom stereocenters. The van der Waals surface area contributed by atoms with Crippen LogP contribution in [-0.4, -0.2) is 48.3 Å². The van der Waals surface area contributed by atoms with Crippen LogP contribution >= 0.6 is 11.6 Å². The van der Waals surface area contributed by atoms with E-state index in [1.165, 1.54) is 38.0 Å². The van der Waals surface area contributed by atoms with Gasteiger partial charge in [-0.05, 0) is 75.1 Å². The SMILES string of the molecule is COc1cc(NC(C(=O)N2CC3(CC3)c3ccc(OC(F)(F)F)cc32)c2ccc(Cl)cc2)cc(C(C)=NOC(C)(C)C(=O)O)c1. The molecule has 2 N–H and O–H groups in total. The Kier molecular flexibility index (Phi) is 8.39. The molecule has 1 saturated carbocycles. The second kappa shape index (κ2) is 11.8. The van der Waals surface area contributed by atoms with Crippen LogP contribution in [0.2, 0.25) is 5.02 Å². The van der Waals surface area contributed by atoms with Gasteiger partial charge in [-0.15, -0.1) is 13.2 Å². The molecule has 0 saturated heterocycles. The average Bonchev–Trinajstić information content (AvgIpc) is 3.69. The van der Waals surface area contributed by atoms with Crippen LogP contribution in [0.3, 0.4) is 0 Å². The first kappa shape index (κ1) is 32.0. The summed E-state index contributed by atoms with van der Waals surface area (Å²) in [7, 11) is 1.47. The second-order valence-corrected chi connectivity index (χ2v) is 12.0. The van der Waals surface area contributed by atoms with Gasteiger partial charge in [0.2, 0.25) is 5.60 Å². The molecule has 1 amide bonds. The summed E-state index contributed by atoms with van der Waals surface area (Å²) in [4.78, 5) is 32.6. The van der Waals surface area contributed by atoms with Gasteiger partial charge >= 0.3 is 12.3 Å². The quantitative estimate of drug-likeness (QED) is 0.179. The van der Waals surface area contributed by atoms with E-state index in [2.05, 4.69) is 15.2 Å². The lowest BCUT2D eigenvalue weighted by Gasteiger charge is -2.27. The van der Waals surface area contributed by atoms with Gasteiger partial charge in [-0.1, -0.05) is 35.0 Å². The number of alkyl halides is 3. The maximum absolute atomic E-state index is 14.4. The number of fused-ring (bicyclic) bond motifs is 2. The molecule has 2 aliphatic rings. The number of benzene rings is 3. The van der Waals surface area contributed by atoms with Crippen LogP contribution in [0.15, 0.2) is 65.8 Å². The number of carboxylic acids is 1. The van der Waals surface area contributed by atoms with Crippen molar-refractivity contribution in [2.24, 2.45) is 5.16 Å². The van der Waals surface area contributed by atoms with Crippen molar-refractivity contribution in [2.45, 2.75) is 57.0 Å². The normalized spacial score (nSPS) is 16.2. The maximum Gasteiger partial charge on any atom is 0.573 e. The van der Waals surface area contributed by atoms with Crippen molar-refractivity contribution in [3.63, 3.8) is 0 Å². The highest BCUT2D eigenvalue weighted by Gasteiger charge is 2.54. The Bertz CT molecular complexity index is 1650. The van der Waals surface area contributed by atoms with Gasteiger partial charge in [0.15, 0.2) is 0 Å². The second-order valence-electron chi connectivity index (χ2n) is 11.6. The number of methoxy groups -OCH3 is 1. The number of aliphatic carboxylic acids is 1. The van der Waals surface area contributed by atoms with Crippen molar-refractivity contribution in [3.8, 4) is 11.5 Å². The van der Waals surface area contributed by atoms with Gasteiger partial charge < -0.3 is 29.6 Å². The number of hydrogen-bond donors (Lipinski definition) is 2. The van der Waals surface area contributed by atoms with Crippen LogP contribution in [0.1, 0.15) is 56.3 Å². The van der Waals surface area contributed by atoms with E-state index in [0.29, 0.717) is 45.5 Å². The number of rotatable bonds is 10. The summed E-state index contributed by atoms with van der Waals surface area (Å²) >= 11 is 6.14. The number of nitrogens with zero attached hydrogens (tertiary/aromatic N) is 2. The van der Waals surface area contributed by atoms with E-state index in [-0.39, 0.29) is 5.41 Å². The Labute approximate surface area is 262 Å². The minimum atomic E-state index is -4.88. The number of halogens is 4. The van der Waals surface area contributed by atoms with Crippen LogP contribution in [-0.2, 0) is 19.8 Å². The molecule has 1 fully saturated rings. The topological polar surface area (TPSA) is 110 Å². The minimum Gasteiger partial charge on any atom is -0.497 e. The molecule has 3 aromatic rings. The molecule has 238 valence electrons. The standard InChI is InChI=1S/C32H31ClF3N3O6/c1-18(38-45-30(2,3)29(41)42)20-13-22(15-24(14-20)43-4)37-27(19-5-7-21(33)8-6-19)28(40)39-17-31(11-12-31)25-10-9-23(16-26(25)39)44-32(34,35)36/h5-10,13-16,27,37H,11-12,17H2,1-4H3,(H,41,42). The molecule has 0 radical (unpaired) electrons. The fraction of sp³-hybridized carbons (Fsp3) is 0.344. The summed E-state index contributed by atoms with van der Waals surface area (Å²) in [5.41, 5.74) is 1.19. The monoisotopic (exact) mass is 645 g/mol. The summed E-state index contributed by atoms with van der Waals surface area (Å²) in [5, 5.41) is 17.1. The zero-order valence-electron chi connectivity index (χ0n) is 24.9. The number of hydrogen-bond acceptors (Lipinski definition) is 7. The summed E-state index contributed by atoms with van der Waals surface area (Å²) in [5.74, 6) is -1.58. The van der Waals surface area contributed by atoms with Gasteiger partial charge in [0, 0.05) is 40.4 Å². The van der Waals surface area contributed by atoms with E-state index in [4.69, 9.17) is 21.2 Å². The van der Waals surface area contributed by atoms with Crippen molar-refractivity contribution in [2.75, 3.05) is 23.9 Å². The van der Waals surface area contributed by atoms with Gasteiger partial charge in [0.1, 0.15) is 17.5 Å². The number of carbonyl (C=O) groups excluding carboxylic acids is 1. The number of nitrogens with one attached hydrogen (secondary N) is 1. The van der Waals surface area contributed by atoms with Crippen molar-refractivity contribution < 1.29 is 42.2 Å². The van der Waals surface area contributed by atoms with E-state index >= 15 is 0 Å². The first-order valence-corrected chi connectivity index (χ1v) is 14.4. The Balaban J connectivity index is 1.51. The summed E-state index contributed by atoms with van der Waals surface area (Å²) in [6.07, 6.45) is -3.27. The number of oxime groups is 1. The smallest absolute Gasteiger partial charge is 0.497 e. The predicted octanol–water partition coefficient (Wildman–Crippen LogP) is 7.08. The molecule has 1 aliphatic carbocycles. The number of amides is 1. The molecule has 1 aliphatic heterocycles. The molecule has 9 nitrogen and oxygen atoms in total. The Hall–Kier alpha value is -4.45. The first-order chi connectivity index (χ1) is 21.1. The first-order valence-electron chi connectivity index (χ1n) is 14.0. The van der Waals surface area contributed by atoms with Crippen molar-refractivity contribution in [3.05, 3.63) is 82.4 Å². The van der Waals surface area contributed by atoms with Crippen LogP contribution in [0.4, 0.5) is 24.5 Å². The zero-order chi connectivity index (χ0) is 32.7. The molecule has 1 heterocycles. The number of ether oxygens (including phenoxy) is 2. The predicted molar refractivity (Wildman–Crippen MR) is 162 cm³/mol. The third kappa shape index (κ3) is 6.95. The molecule has 1 unspecified atom stereocenters. The molecule has 3 aromatic carbocycles. The van der Waals surface area contributed by atoms with Gasteiger partial charge in [0.25, 0.3) is 5.91 Å². The molecule has 5 rings (SSSR count). The molecule has 13 heteroatoms. The third-order valence-corrected chi connectivity index (χ3v) is 8.14. The van der Waals surface area contributed by atoms with E-state index in [1.54, 1.807) is 55.5 Å². The van der Waals surface area contributed by atoms with E-state index in [0.717, 1.165) is 18.4 Å². The number of carboxylic acid groups (broad SMARTS) is 1. The van der Waals surface area contributed by atoms with Crippen molar-refractivity contribution >= 4 is 40.6 Å². The highest BCUT2D eigenvalue weighted by atomic mass is 35.5. The summed E-state index contributed by atoms with van der Waals surface area (Å²) < 4.78 is 48.8. The fourth-order valence-corrected chi connectivity index (χ4v) is 5.30. The Morgan fingerprint density at radius 3 is 2.33 bits per heavy atom. The summed E-state index contributed by atoms with van der Waals surface area (Å²) in [6.45, 7) is 4.68. The number of carbonyl (C=O) groups is 2. The highest BCUT2D eigenvalue weighted by Crippen LogP contribution is 2.57. The van der Waals surface area contributed by atoms with Crippen molar-refractivity contribution in [1.82, 2.24) is 0 Å². The number of anilines is 2. The minimum absolute atomic E-state index is 0.313. The lowest BCUT2D eigenvalue weighted by molar-refractivity contribution is -0.274. The highest BCUT2D eigenvalue weighted by molar-refractivity contribution is 6.30. The van der Waals surface area contributed by atoms with Crippen LogP contribution in [0, 0.1) is 0 Å². The zero-order valence-corrected chi connectivity index (χ0v) is 25.6. The Morgan fingerprint density at radius 1 is 1.04 bits per heavy atom. The van der Waals surface area contributed by atoms with E-state index in [9.17, 15) is 27.9 Å². The molecular formula is C32H31ClF3N3O6. The average molecular weight is 646 g/mol. The van der Waals surface area contributed by atoms with Gasteiger partial charge in [-0.2, -0.15) is 0 Å². The molecule has 45 heavy (non-hydrogen) atoms. The van der Waals surface area contributed by atoms with Crippen molar-refractivity contribution in [1.29, 1.82) is 0 Å². The molecule has 0 bridgehead atoms. The van der Waals surface area contributed by atoms with E-state index < -0.39 is 35.6 Å². The maximum atomic E-state index is 14.4. The lowest BCUT2D eigenvalue weighted by atomic mass is 9.99. The van der Waals surface area contributed by atoms with Crippen LogP contribution in [0.5, 0.6) is 11.5 Å².